The molecule has 0 radical (unpaired) electrons. The van der Waals surface area contributed by atoms with Gasteiger partial charge in [0.15, 0.2) is 0 Å². The minimum atomic E-state index is -0.117. The molecule has 2 aromatic carbocycles. The third-order valence-corrected chi connectivity index (χ3v) is 5.28. The van der Waals surface area contributed by atoms with Crippen molar-refractivity contribution in [3.05, 3.63) is 71.8 Å². The molecule has 3 heteroatoms. The zero-order chi connectivity index (χ0) is 17.5. The van der Waals surface area contributed by atoms with Crippen LogP contribution in [0, 0.1) is 5.92 Å². The normalized spacial score (nSPS) is 16.1. The number of benzene rings is 2. The summed E-state index contributed by atoms with van der Waals surface area (Å²) in [5.41, 5.74) is 2.81. The van der Waals surface area contributed by atoms with Crippen LogP contribution >= 0.6 is 0 Å². The highest BCUT2D eigenvalue weighted by Gasteiger charge is 2.28. The molecule has 0 atom stereocenters. The molecule has 0 aromatic heterocycles. The topological polar surface area (TPSA) is 29.5 Å². The SMILES string of the molecule is COC(=O)CCN1CCC(C(c2ccccc2)c2ccccc2)CC1. The minimum absolute atomic E-state index is 0.117. The van der Waals surface area contributed by atoms with Crippen molar-refractivity contribution < 1.29 is 9.53 Å². The lowest BCUT2D eigenvalue weighted by molar-refractivity contribution is -0.141. The second-order valence-electron chi connectivity index (χ2n) is 6.80. The number of piperidine rings is 1. The van der Waals surface area contributed by atoms with Gasteiger partial charge in [-0.1, -0.05) is 60.7 Å². The summed E-state index contributed by atoms with van der Waals surface area (Å²) in [6.45, 7) is 2.91. The largest absolute Gasteiger partial charge is 0.469 e. The summed E-state index contributed by atoms with van der Waals surface area (Å²) < 4.78 is 4.75. The molecule has 3 rings (SSSR count). The van der Waals surface area contributed by atoms with Crippen LogP contribution in [0.4, 0.5) is 0 Å². The molecular formula is C22H27NO2. The molecule has 0 bridgehead atoms. The van der Waals surface area contributed by atoms with Crippen LogP contribution in [0.25, 0.3) is 0 Å². The Morgan fingerprint density at radius 2 is 1.52 bits per heavy atom. The smallest absolute Gasteiger partial charge is 0.306 e. The summed E-state index contributed by atoms with van der Waals surface area (Å²) in [7, 11) is 1.46. The maximum absolute atomic E-state index is 11.3. The summed E-state index contributed by atoms with van der Waals surface area (Å²) in [5, 5.41) is 0. The lowest BCUT2D eigenvalue weighted by Gasteiger charge is -2.36. The van der Waals surface area contributed by atoms with Crippen molar-refractivity contribution in [3.8, 4) is 0 Å². The Labute approximate surface area is 150 Å². The molecule has 0 N–H and O–H groups in total. The summed E-state index contributed by atoms with van der Waals surface area (Å²) in [5.74, 6) is 0.970. The number of carbonyl (C=O) groups is 1. The van der Waals surface area contributed by atoms with Gasteiger partial charge in [0.25, 0.3) is 0 Å². The Morgan fingerprint density at radius 3 is 2.00 bits per heavy atom. The van der Waals surface area contributed by atoms with Crippen molar-refractivity contribution >= 4 is 5.97 Å². The summed E-state index contributed by atoms with van der Waals surface area (Å²) in [6, 6.07) is 21.7. The molecule has 2 aromatic rings. The van der Waals surface area contributed by atoms with Gasteiger partial charge in [-0.2, -0.15) is 0 Å². The minimum Gasteiger partial charge on any atom is -0.469 e. The highest BCUT2D eigenvalue weighted by molar-refractivity contribution is 5.69. The van der Waals surface area contributed by atoms with Gasteiger partial charge in [-0.3, -0.25) is 4.79 Å². The third-order valence-electron chi connectivity index (χ3n) is 5.28. The van der Waals surface area contributed by atoms with E-state index in [9.17, 15) is 4.79 Å². The fraction of sp³-hybridized carbons (Fsp3) is 0.409. The zero-order valence-electron chi connectivity index (χ0n) is 14.9. The van der Waals surface area contributed by atoms with E-state index in [2.05, 4.69) is 65.6 Å². The number of hydrogen-bond acceptors (Lipinski definition) is 3. The lowest BCUT2D eigenvalue weighted by Crippen LogP contribution is -2.37. The van der Waals surface area contributed by atoms with Crippen molar-refractivity contribution in [2.75, 3.05) is 26.7 Å². The van der Waals surface area contributed by atoms with Gasteiger partial charge in [0.05, 0.1) is 13.5 Å². The Bertz CT molecular complexity index is 609. The zero-order valence-corrected chi connectivity index (χ0v) is 14.9. The van der Waals surface area contributed by atoms with E-state index in [-0.39, 0.29) is 5.97 Å². The van der Waals surface area contributed by atoms with Gasteiger partial charge in [-0.25, -0.2) is 0 Å². The summed E-state index contributed by atoms with van der Waals surface area (Å²) in [6.07, 6.45) is 2.81. The van der Waals surface area contributed by atoms with E-state index in [4.69, 9.17) is 4.74 Å². The van der Waals surface area contributed by atoms with Crippen LogP contribution in [0.3, 0.4) is 0 Å². The number of hydrogen-bond donors (Lipinski definition) is 0. The van der Waals surface area contributed by atoms with E-state index in [0.29, 0.717) is 18.3 Å². The van der Waals surface area contributed by atoms with Crippen molar-refractivity contribution in [1.82, 2.24) is 4.90 Å². The number of esters is 1. The van der Waals surface area contributed by atoms with Gasteiger partial charge in [-0.05, 0) is 43.0 Å². The number of methoxy groups -OCH3 is 1. The second kappa shape index (κ2) is 8.82. The van der Waals surface area contributed by atoms with Gasteiger partial charge in [0.2, 0.25) is 0 Å². The Kier molecular flexibility index (Phi) is 6.24. The Balaban J connectivity index is 1.68. The van der Waals surface area contributed by atoms with Crippen molar-refractivity contribution in [2.45, 2.75) is 25.2 Å². The maximum Gasteiger partial charge on any atom is 0.306 e. The first-order valence-electron chi connectivity index (χ1n) is 9.17. The van der Waals surface area contributed by atoms with Crippen molar-refractivity contribution in [3.63, 3.8) is 0 Å². The lowest BCUT2D eigenvalue weighted by atomic mass is 9.76. The first-order chi connectivity index (χ1) is 12.3. The maximum atomic E-state index is 11.3. The molecule has 25 heavy (non-hydrogen) atoms. The number of ether oxygens (including phenoxy) is 1. The van der Waals surface area contributed by atoms with Gasteiger partial charge >= 0.3 is 5.97 Å². The predicted octanol–water partition coefficient (Wildman–Crippen LogP) is 4.09. The van der Waals surface area contributed by atoms with Crippen LogP contribution in [0.15, 0.2) is 60.7 Å². The average Bonchev–Trinajstić information content (AvgIpc) is 2.69. The number of carbonyl (C=O) groups excluding carboxylic acids is 1. The molecule has 1 heterocycles. The molecule has 3 nitrogen and oxygen atoms in total. The molecule has 0 unspecified atom stereocenters. The summed E-state index contributed by atoms with van der Waals surface area (Å²) in [4.78, 5) is 13.7. The predicted molar refractivity (Wildman–Crippen MR) is 101 cm³/mol. The third kappa shape index (κ3) is 4.70. The molecule has 0 aliphatic carbocycles. The van der Waals surface area contributed by atoms with E-state index in [1.807, 2.05) is 0 Å². The van der Waals surface area contributed by atoms with Crippen molar-refractivity contribution in [1.29, 1.82) is 0 Å². The Hall–Kier alpha value is -2.13. The van der Waals surface area contributed by atoms with E-state index < -0.39 is 0 Å². The molecule has 1 saturated heterocycles. The van der Waals surface area contributed by atoms with E-state index >= 15 is 0 Å². The fourth-order valence-electron chi connectivity index (χ4n) is 3.92. The quantitative estimate of drug-likeness (QED) is 0.744. The monoisotopic (exact) mass is 337 g/mol. The van der Waals surface area contributed by atoms with Crippen LogP contribution in [-0.4, -0.2) is 37.6 Å². The molecule has 1 aliphatic rings. The summed E-state index contributed by atoms with van der Waals surface area (Å²) >= 11 is 0. The van der Waals surface area contributed by atoms with Crippen LogP contribution in [0.5, 0.6) is 0 Å². The van der Waals surface area contributed by atoms with Gasteiger partial charge in [0, 0.05) is 12.5 Å². The molecular weight excluding hydrogens is 310 g/mol. The first-order valence-corrected chi connectivity index (χ1v) is 9.17. The van der Waals surface area contributed by atoms with Crippen molar-refractivity contribution in [2.24, 2.45) is 5.92 Å². The molecule has 0 spiro atoms. The Morgan fingerprint density at radius 1 is 1.00 bits per heavy atom. The van der Waals surface area contributed by atoms with Crippen LogP contribution < -0.4 is 0 Å². The molecule has 1 aliphatic heterocycles. The van der Waals surface area contributed by atoms with E-state index in [1.165, 1.54) is 18.2 Å². The van der Waals surface area contributed by atoms with Gasteiger partial charge in [0.1, 0.15) is 0 Å². The first kappa shape index (κ1) is 17.7. The highest BCUT2D eigenvalue weighted by Crippen LogP contribution is 2.37. The second-order valence-corrected chi connectivity index (χ2v) is 6.80. The van der Waals surface area contributed by atoms with E-state index in [1.54, 1.807) is 0 Å². The van der Waals surface area contributed by atoms with Crippen LogP contribution in [0.2, 0.25) is 0 Å². The van der Waals surface area contributed by atoms with Gasteiger partial charge < -0.3 is 9.64 Å². The molecule has 1 fully saturated rings. The van der Waals surface area contributed by atoms with E-state index in [0.717, 1.165) is 32.5 Å². The molecule has 0 amide bonds. The number of rotatable bonds is 6. The van der Waals surface area contributed by atoms with Crippen LogP contribution in [0.1, 0.15) is 36.3 Å². The number of nitrogens with zero attached hydrogens (tertiary/aromatic N) is 1. The average molecular weight is 337 g/mol. The van der Waals surface area contributed by atoms with Crippen LogP contribution in [-0.2, 0) is 9.53 Å². The van der Waals surface area contributed by atoms with Gasteiger partial charge in [-0.15, -0.1) is 0 Å². The highest BCUT2D eigenvalue weighted by atomic mass is 16.5. The number of likely N-dealkylation sites (tertiary alicyclic amines) is 1. The fourth-order valence-corrected chi connectivity index (χ4v) is 3.92. The standard InChI is InChI=1S/C22H27NO2/c1-25-21(24)14-17-23-15-12-20(13-16-23)22(18-8-4-2-5-9-18)19-10-6-3-7-11-19/h2-11,20,22H,12-17H2,1H3. The molecule has 132 valence electrons. The molecule has 0 saturated carbocycles.